The second-order valence-electron chi connectivity index (χ2n) is 7.22. The number of carbonyl (C=O) groups is 2. The Kier molecular flexibility index (Phi) is 7.13. The Bertz CT molecular complexity index is 871. The summed E-state index contributed by atoms with van der Waals surface area (Å²) in [5, 5.41) is 2.80. The minimum atomic E-state index is -0.238. The van der Waals surface area contributed by atoms with Gasteiger partial charge in [0.2, 0.25) is 11.8 Å². The van der Waals surface area contributed by atoms with Crippen molar-refractivity contribution >= 4 is 17.5 Å². The van der Waals surface area contributed by atoms with Crippen molar-refractivity contribution < 1.29 is 23.8 Å². The number of hydrogen-bond donors (Lipinski definition) is 1. The predicted molar refractivity (Wildman–Crippen MR) is 113 cm³/mol. The Balaban J connectivity index is 1.42. The van der Waals surface area contributed by atoms with Gasteiger partial charge in [-0.15, -0.1) is 0 Å². The maximum absolute atomic E-state index is 12.5. The van der Waals surface area contributed by atoms with Gasteiger partial charge in [-0.1, -0.05) is 12.1 Å². The molecular formula is C22H27N3O5. The van der Waals surface area contributed by atoms with E-state index in [1.54, 1.807) is 55.3 Å². The summed E-state index contributed by atoms with van der Waals surface area (Å²) in [5.74, 6) is 1.82. The van der Waals surface area contributed by atoms with Crippen molar-refractivity contribution in [2.45, 2.75) is 6.10 Å². The summed E-state index contributed by atoms with van der Waals surface area (Å²) < 4.78 is 16.7. The molecule has 1 heterocycles. The van der Waals surface area contributed by atoms with Crippen LogP contribution in [0, 0.1) is 0 Å². The first-order chi connectivity index (χ1) is 14.4. The number of nitrogens with zero attached hydrogens (tertiary/aromatic N) is 2. The molecule has 2 aromatic carbocycles. The summed E-state index contributed by atoms with van der Waals surface area (Å²) >= 11 is 0. The lowest BCUT2D eigenvalue weighted by Crippen LogP contribution is -2.45. The Hall–Kier alpha value is -3.26. The van der Waals surface area contributed by atoms with Crippen LogP contribution in [0.1, 0.15) is 0 Å². The van der Waals surface area contributed by atoms with E-state index in [2.05, 4.69) is 5.32 Å². The number of methoxy groups -OCH3 is 1. The summed E-state index contributed by atoms with van der Waals surface area (Å²) in [5.41, 5.74) is 0.673. The van der Waals surface area contributed by atoms with Gasteiger partial charge < -0.3 is 24.4 Å². The van der Waals surface area contributed by atoms with Gasteiger partial charge in [-0.25, -0.2) is 0 Å². The zero-order valence-electron chi connectivity index (χ0n) is 17.5. The number of likely N-dealkylation sites (N-methyl/N-ethyl adjacent to an activating group) is 2. The molecule has 1 aliphatic heterocycles. The molecule has 0 unspecified atom stereocenters. The molecule has 1 aliphatic rings. The van der Waals surface area contributed by atoms with E-state index < -0.39 is 0 Å². The van der Waals surface area contributed by atoms with Crippen LogP contribution in [-0.2, 0) is 9.59 Å². The Labute approximate surface area is 176 Å². The number of para-hydroxylation sites is 2. The molecule has 1 atom stereocenters. The highest BCUT2D eigenvalue weighted by Gasteiger charge is 2.24. The Morgan fingerprint density at radius 2 is 1.77 bits per heavy atom. The Morgan fingerprint density at radius 1 is 1.07 bits per heavy atom. The first-order valence-corrected chi connectivity index (χ1v) is 9.69. The van der Waals surface area contributed by atoms with Crippen LogP contribution in [0.3, 0.4) is 0 Å². The minimum absolute atomic E-state index is 0.0992. The van der Waals surface area contributed by atoms with Crippen molar-refractivity contribution in [1.82, 2.24) is 9.80 Å². The lowest BCUT2D eigenvalue weighted by Gasteiger charge is -2.30. The molecule has 3 rings (SSSR count). The lowest BCUT2D eigenvalue weighted by atomic mass is 10.2. The smallest absolute Gasteiger partial charge is 0.238 e. The van der Waals surface area contributed by atoms with E-state index in [0.717, 1.165) is 5.75 Å². The first kappa shape index (κ1) is 21.4. The number of fused-ring (bicyclic) bond motifs is 1. The normalized spacial score (nSPS) is 14.9. The largest absolute Gasteiger partial charge is 0.497 e. The van der Waals surface area contributed by atoms with Crippen molar-refractivity contribution in [1.29, 1.82) is 0 Å². The second-order valence-corrected chi connectivity index (χ2v) is 7.22. The van der Waals surface area contributed by atoms with Crippen LogP contribution in [-0.4, -0.2) is 75.2 Å². The van der Waals surface area contributed by atoms with E-state index in [0.29, 0.717) is 30.3 Å². The molecule has 0 aromatic heterocycles. The van der Waals surface area contributed by atoms with E-state index in [1.165, 1.54) is 0 Å². The number of nitrogens with one attached hydrogen (secondary N) is 1. The molecule has 0 saturated heterocycles. The second kappa shape index (κ2) is 9.98. The van der Waals surface area contributed by atoms with Crippen molar-refractivity contribution in [2.75, 3.05) is 52.8 Å². The van der Waals surface area contributed by atoms with E-state index in [-0.39, 0.29) is 31.0 Å². The third-order valence-corrected chi connectivity index (χ3v) is 4.66. The molecule has 8 nitrogen and oxygen atoms in total. The van der Waals surface area contributed by atoms with Crippen molar-refractivity contribution in [3.05, 3.63) is 48.5 Å². The number of anilines is 1. The first-order valence-electron chi connectivity index (χ1n) is 9.69. The van der Waals surface area contributed by atoms with Gasteiger partial charge in [-0.2, -0.15) is 0 Å². The molecule has 0 aliphatic carbocycles. The summed E-state index contributed by atoms with van der Waals surface area (Å²) in [4.78, 5) is 28.0. The molecule has 0 bridgehead atoms. The third-order valence-electron chi connectivity index (χ3n) is 4.66. The monoisotopic (exact) mass is 413 g/mol. The number of ether oxygens (including phenoxy) is 3. The van der Waals surface area contributed by atoms with Gasteiger partial charge in [0.05, 0.1) is 26.7 Å². The number of rotatable bonds is 8. The third kappa shape index (κ3) is 5.87. The molecular weight excluding hydrogens is 386 g/mol. The van der Waals surface area contributed by atoms with Gasteiger partial charge in [0.15, 0.2) is 17.6 Å². The summed E-state index contributed by atoms with van der Waals surface area (Å²) in [6.45, 7) is 1.01. The van der Waals surface area contributed by atoms with Gasteiger partial charge in [-0.3, -0.25) is 14.5 Å². The molecule has 30 heavy (non-hydrogen) atoms. The van der Waals surface area contributed by atoms with E-state index in [9.17, 15) is 9.59 Å². The van der Waals surface area contributed by atoms with Gasteiger partial charge in [0.1, 0.15) is 12.4 Å². The zero-order valence-corrected chi connectivity index (χ0v) is 17.5. The molecule has 1 N–H and O–H groups in total. The van der Waals surface area contributed by atoms with E-state index in [1.807, 2.05) is 24.3 Å². The number of amides is 2. The number of carbonyl (C=O) groups excluding carboxylic acids is 2. The summed E-state index contributed by atoms with van der Waals surface area (Å²) in [7, 11) is 5.04. The average molecular weight is 413 g/mol. The fraction of sp³-hybridized carbons (Fsp3) is 0.364. The highest BCUT2D eigenvalue weighted by Crippen LogP contribution is 2.30. The number of benzene rings is 2. The molecule has 0 saturated carbocycles. The quantitative estimate of drug-likeness (QED) is 0.712. The van der Waals surface area contributed by atoms with Crippen LogP contribution in [0.5, 0.6) is 17.2 Å². The molecule has 2 amide bonds. The van der Waals surface area contributed by atoms with Crippen molar-refractivity contribution in [2.24, 2.45) is 0 Å². The molecule has 160 valence electrons. The minimum Gasteiger partial charge on any atom is -0.497 e. The molecule has 0 radical (unpaired) electrons. The van der Waals surface area contributed by atoms with Crippen molar-refractivity contribution in [3.8, 4) is 17.2 Å². The molecule has 2 aromatic rings. The predicted octanol–water partition coefficient (Wildman–Crippen LogP) is 1.86. The van der Waals surface area contributed by atoms with Crippen LogP contribution >= 0.6 is 0 Å². The maximum atomic E-state index is 12.5. The standard InChI is InChI=1S/C22H27N3O5/c1-24(13-21(26)23-16-8-10-17(28-3)11-9-16)14-22(27)25(2)12-18-15-29-19-6-4-5-7-20(19)30-18/h4-11,18H,12-15H2,1-3H3,(H,23,26)/t18-/m1/s1. The highest BCUT2D eigenvalue weighted by molar-refractivity contribution is 5.92. The van der Waals surface area contributed by atoms with Crippen LogP contribution in [0.2, 0.25) is 0 Å². The molecule has 0 fully saturated rings. The average Bonchev–Trinajstić information content (AvgIpc) is 2.74. The van der Waals surface area contributed by atoms with Gasteiger partial charge in [0, 0.05) is 12.7 Å². The van der Waals surface area contributed by atoms with Gasteiger partial charge in [0.25, 0.3) is 0 Å². The zero-order chi connectivity index (χ0) is 21.5. The van der Waals surface area contributed by atoms with Crippen LogP contribution < -0.4 is 19.5 Å². The number of hydrogen-bond acceptors (Lipinski definition) is 6. The van der Waals surface area contributed by atoms with Crippen LogP contribution in [0.25, 0.3) is 0 Å². The van der Waals surface area contributed by atoms with Crippen LogP contribution in [0.4, 0.5) is 5.69 Å². The SMILES string of the molecule is COc1ccc(NC(=O)CN(C)CC(=O)N(C)C[C@@H]2COc3ccccc3O2)cc1. The summed E-state index contributed by atoms with van der Waals surface area (Å²) in [6, 6.07) is 14.5. The fourth-order valence-corrected chi connectivity index (χ4v) is 3.09. The maximum Gasteiger partial charge on any atom is 0.238 e. The molecule has 8 heteroatoms. The molecule has 0 spiro atoms. The topological polar surface area (TPSA) is 80.3 Å². The van der Waals surface area contributed by atoms with Gasteiger partial charge in [-0.05, 0) is 43.4 Å². The fourth-order valence-electron chi connectivity index (χ4n) is 3.09. The van der Waals surface area contributed by atoms with E-state index in [4.69, 9.17) is 14.2 Å². The highest BCUT2D eigenvalue weighted by atomic mass is 16.6. The Morgan fingerprint density at radius 3 is 2.47 bits per heavy atom. The van der Waals surface area contributed by atoms with Crippen molar-refractivity contribution in [3.63, 3.8) is 0 Å². The van der Waals surface area contributed by atoms with Gasteiger partial charge >= 0.3 is 0 Å². The summed E-state index contributed by atoms with van der Waals surface area (Å²) in [6.07, 6.45) is -0.238. The van der Waals surface area contributed by atoms with Crippen LogP contribution in [0.15, 0.2) is 48.5 Å². The van der Waals surface area contributed by atoms with E-state index >= 15 is 0 Å². The lowest BCUT2D eigenvalue weighted by molar-refractivity contribution is -0.132.